The molecule has 0 radical (unpaired) electrons. The summed E-state index contributed by atoms with van der Waals surface area (Å²) in [6, 6.07) is 8.10. The van der Waals surface area contributed by atoms with Crippen molar-refractivity contribution in [1.82, 2.24) is 4.90 Å². The van der Waals surface area contributed by atoms with Crippen LogP contribution in [0.1, 0.15) is 43.5 Å². The Balaban J connectivity index is 2.07. The number of anilines is 1. The third-order valence-electron chi connectivity index (χ3n) is 3.89. The van der Waals surface area contributed by atoms with Crippen LogP contribution in [0.25, 0.3) is 0 Å². The van der Waals surface area contributed by atoms with E-state index in [4.69, 9.17) is 0 Å². The molecule has 0 atom stereocenters. The largest absolute Gasteiger partial charge is 0.372 e. The van der Waals surface area contributed by atoms with E-state index in [2.05, 4.69) is 17.0 Å². The Morgan fingerprint density at radius 3 is 2.16 bits per heavy atom. The van der Waals surface area contributed by atoms with E-state index in [1.54, 1.807) is 0 Å². The van der Waals surface area contributed by atoms with Gasteiger partial charge in [0.05, 0.1) is 0 Å². The Morgan fingerprint density at radius 2 is 1.63 bits per heavy atom. The van der Waals surface area contributed by atoms with Gasteiger partial charge in [-0.05, 0) is 57.4 Å². The van der Waals surface area contributed by atoms with E-state index in [0.29, 0.717) is 0 Å². The molecule has 1 aliphatic heterocycles. The molecule has 1 saturated heterocycles. The number of rotatable bonds is 4. The minimum Gasteiger partial charge on any atom is -0.372 e. The zero-order valence-electron chi connectivity index (χ0n) is 12.1. The van der Waals surface area contributed by atoms with E-state index in [1.807, 2.05) is 30.9 Å². The monoisotopic (exact) mass is 260 g/mol. The third kappa shape index (κ3) is 3.28. The topological polar surface area (TPSA) is 23.6 Å². The van der Waals surface area contributed by atoms with Gasteiger partial charge < -0.3 is 9.80 Å². The highest BCUT2D eigenvalue weighted by molar-refractivity contribution is 5.94. The van der Waals surface area contributed by atoms with Crippen LogP contribution in [0.3, 0.4) is 0 Å². The summed E-state index contributed by atoms with van der Waals surface area (Å²) in [5.74, 6) is 0.134. The number of nitrogens with zero attached hydrogens (tertiary/aromatic N) is 2. The van der Waals surface area contributed by atoms with Gasteiger partial charge in [-0.2, -0.15) is 0 Å². The lowest BCUT2D eigenvalue weighted by molar-refractivity contribution is 0.0773. The first-order valence-electron chi connectivity index (χ1n) is 7.40. The lowest BCUT2D eigenvalue weighted by atomic mass is 10.1. The second kappa shape index (κ2) is 6.60. The molecule has 0 spiro atoms. The average Bonchev–Trinajstić information content (AvgIpc) is 2.49. The molecular formula is C16H24N2O. The van der Waals surface area contributed by atoms with Crippen molar-refractivity contribution >= 4 is 11.6 Å². The molecule has 0 bridgehead atoms. The lowest BCUT2D eigenvalue weighted by Crippen LogP contribution is -2.31. The van der Waals surface area contributed by atoms with Gasteiger partial charge in [0.2, 0.25) is 0 Å². The molecule has 1 aromatic rings. The molecule has 1 aromatic carbocycles. The van der Waals surface area contributed by atoms with E-state index in [0.717, 1.165) is 31.7 Å². The SMILES string of the molecule is CCN(CC)C(=O)c1ccc(N2CCCCC2)cc1. The minimum atomic E-state index is 0.134. The number of hydrogen-bond donors (Lipinski definition) is 0. The predicted molar refractivity (Wildman–Crippen MR) is 79.8 cm³/mol. The van der Waals surface area contributed by atoms with Crippen LogP contribution in [-0.4, -0.2) is 37.0 Å². The molecule has 1 aliphatic rings. The number of piperidine rings is 1. The van der Waals surface area contributed by atoms with E-state index >= 15 is 0 Å². The number of carbonyl (C=O) groups is 1. The normalized spacial score (nSPS) is 15.4. The van der Waals surface area contributed by atoms with Gasteiger partial charge in [-0.1, -0.05) is 0 Å². The van der Waals surface area contributed by atoms with Gasteiger partial charge in [-0.3, -0.25) is 4.79 Å². The number of carbonyl (C=O) groups excluding carboxylic acids is 1. The van der Waals surface area contributed by atoms with Crippen LogP contribution in [0, 0.1) is 0 Å². The zero-order valence-corrected chi connectivity index (χ0v) is 12.1. The van der Waals surface area contributed by atoms with Gasteiger partial charge in [0.1, 0.15) is 0 Å². The van der Waals surface area contributed by atoms with E-state index in [1.165, 1.54) is 24.9 Å². The van der Waals surface area contributed by atoms with Crippen molar-refractivity contribution in [3.63, 3.8) is 0 Å². The van der Waals surface area contributed by atoms with Gasteiger partial charge in [-0.25, -0.2) is 0 Å². The molecule has 0 unspecified atom stereocenters. The fourth-order valence-electron chi connectivity index (χ4n) is 2.66. The van der Waals surface area contributed by atoms with Crippen molar-refractivity contribution < 1.29 is 4.79 Å². The smallest absolute Gasteiger partial charge is 0.253 e. The Morgan fingerprint density at radius 1 is 1.05 bits per heavy atom. The van der Waals surface area contributed by atoms with Crippen LogP contribution >= 0.6 is 0 Å². The highest BCUT2D eigenvalue weighted by atomic mass is 16.2. The Labute approximate surface area is 116 Å². The van der Waals surface area contributed by atoms with Crippen LogP contribution in [0.5, 0.6) is 0 Å². The zero-order chi connectivity index (χ0) is 13.7. The molecule has 3 nitrogen and oxygen atoms in total. The quantitative estimate of drug-likeness (QED) is 0.830. The Bertz CT molecular complexity index is 403. The average molecular weight is 260 g/mol. The van der Waals surface area contributed by atoms with E-state index in [9.17, 15) is 4.79 Å². The highest BCUT2D eigenvalue weighted by Crippen LogP contribution is 2.20. The molecule has 104 valence electrons. The number of benzene rings is 1. The standard InChI is InChI=1S/C16H24N2O/c1-3-17(4-2)16(19)14-8-10-15(11-9-14)18-12-6-5-7-13-18/h8-11H,3-7,12-13H2,1-2H3. The van der Waals surface area contributed by atoms with Crippen LogP contribution in [0.15, 0.2) is 24.3 Å². The maximum Gasteiger partial charge on any atom is 0.253 e. The maximum absolute atomic E-state index is 12.2. The highest BCUT2D eigenvalue weighted by Gasteiger charge is 2.14. The van der Waals surface area contributed by atoms with E-state index in [-0.39, 0.29) is 5.91 Å². The summed E-state index contributed by atoms with van der Waals surface area (Å²) < 4.78 is 0. The van der Waals surface area contributed by atoms with Crippen molar-refractivity contribution in [2.24, 2.45) is 0 Å². The van der Waals surface area contributed by atoms with Crippen LogP contribution in [0.2, 0.25) is 0 Å². The van der Waals surface area contributed by atoms with Crippen molar-refractivity contribution in [2.45, 2.75) is 33.1 Å². The summed E-state index contributed by atoms with van der Waals surface area (Å²) in [6.45, 7) is 7.85. The molecule has 0 aliphatic carbocycles. The molecule has 0 aromatic heterocycles. The number of amides is 1. The predicted octanol–water partition coefficient (Wildman–Crippen LogP) is 3.16. The van der Waals surface area contributed by atoms with E-state index < -0.39 is 0 Å². The first-order valence-corrected chi connectivity index (χ1v) is 7.40. The number of hydrogen-bond acceptors (Lipinski definition) is 2. The maximum atomic E-state index is 12.2. The Kier molecular flexibility index (Phi) is 4.83. The first kappa shape index (κ1) is 13.9. The van der Waals surface area contributed by atoms with Crippen LogP contribution in [-0.2, 0) is 0 Å². The Hall–Kier alpha value is -1.51. The molecule has 1 amide bonds. The molecule has 3 heteroatoms. The van der Waals surface area contributed by atoms with Crippen molar-refractivity contribution in [3.8, 4) is 0 Å². The van der Waals surface area contributed by atoms with Gasteiger partial charge in [0, 0.05) is 37.4 Å². The molecule has 1 fully saturated rings. The first-order chi connectivity index (χ1) is 9.26. The molecule has 1 heterocycles. The van der Waals surface area contributed by atoms with Crippen LogP contribution in [0.4, 0.5) is 5.69 Å². The fraction of sp³-hybridized carbons (Fsp3) is 0.562. The minimum absolute atomic E-state index is 0.134. The van der Waals surface area contributed by atoms with Gasteiger partial charge in [0.15, 0.2) is 0 Å². The summed E-state index contributed by atoms with van der Waals surface area (Å²) in [5, 5.41) is 0. The molecule has 0 N–H and O–H groups in total. The second-order valence-electron chi connectivity index (χ2n) is 5.07. The molecule has 0 saturated carbocycles. The van der Waals surface area contributed by atoms with Crippen molar-refractivity contribution in [3.05, 3.63) is 29.8 Å². The van der Waals surface area contributed by atoms with Gasteiger partial charge >= 0.3 is 0 Å². The summed E-state index contributed by atoms with van der Waals surface area (Å²) in [6.07, 6.45) is 3.90. The summed E-state index contributed by atoms with van der Waals surface area (Å²) in [5.41, 5.74) is 2.04. The summed E-state index contributed by atoms with van der Waals surface area (Å²) >= 11 is 0. The molecule has 2 rings (SSSR count). The van der Waals surface area contributed by atoms with Crippen molar-refractivity contribution in [2.75, 3.05) is 31.1 Å². The molecule has 19 heavy (non-hydrogen) atoms. The van der Waals surface area contributed by atoms with Gasteiger partial charge in [-0.15, -0.1) is 0 Å². The van der Waals surface area contributed by atoms with Gasteiger partial charge in [0.25, 0.3) is 5.91 Å². The third-order valence-corrected chi connectivity index (χ3v) is 3.89. The molecular weight excluding hydrogens is 236 g/mol. The van der Waals surface area contributed by atoms with Crippen molar-refractivity contribution in [1.29, 1.82) is 0 Å². The van der Waals surface area contributed by atoms with Crippen LogP contribution < -0.4 is 4.90 Å². The summed E-state index contributed by atoms with van der Waals surface area (Å²) in [4.78, 5) is 16.5. The second-order valence-corrected chi connectivity index (χ2v) is 5.07. The fourth-order valence-corrected chi connectivity index (χ4v) is 2.66. The summed E-state index contributed by atoms with van der Waals surface area (Å²) in [7, 11) is 0. The lowest BCUT2D eigenvalue weighted by Gasteiger charge is -2.29.